The van der Waals surface area contributed by atoms with Crippen LogP contribution in [-0.2, 0) is 0 Å². The van der Waals surface area contributed by atoms with Crippen molar-refractivity contribution in [2.75, 3.05) is 5.32 Å². The number of pyridine rings is 1. The summed E-state index contributed by atoms with van der Waals surface area (Å²) < 4.78 is 1.88. The average Bonchev–Trinajstić information content (AvgIpc) is 3.30. The Hall–Kier alpha value is -4.47. The Kier molecular flexibility index (Phi) is 5.67. The normalized spacial score (nSPS) is 10.8. The predicted octanol–water partition coefficient (Wildman–Crippen LogP) is 2.73. The van der Waals surface area contributed by atoms with Crippen molar-refractivity contribution in [1.29, 1.82) is 0 Å². The first-order valence-corrected chi connectivity index (χ1v) is 9.83. The van der Waals surface area contributed by atoms with Gasteiger partial charge in [0.15, 0.2) is 5.82 Å². The molecule has 0 spiro atoms. The lowest BCUT2D eigenvalue weighted by Gasteiger charge is -2.14. The smallest absolute Gasteiger partial charge is 0.257 e. The number of carbonyl (C=O) groups excluding carboxylic acids is 2. The molecule has 32 heavy (non-hydrogen) atoms. The molecule has 0 unspecified atom stereocenters. The van der Waals surface area contributed by atoms with Crippen molar-refractivity contribution >= 4 is 17.6 Å². The van der Waals surface area contributed by atoms with Gasteiger partial charge in [0, 0.05) is 28.9 Å². The molecular formula is C22H20N8O2. The zero-order valence-corrected chi connectivity index (χ0v) is 17.4. The van der Waals surface area contributed by atoms with E-state index in [1.807, 2.05) is 18.4 Å². The summed E-state index contributed by atoms with van der Waals surface area (Å²) in [5.41, 5.74) is 7.31. The summed E-state index contributed by atoms with van der Waals surface area (Å²) in [6.45, 7) is 4.02. The maximum Gasteiger partial charge on any atom is 0.257 e. The summed E-state index contributed by atoms with van der Waals surface area (Å²) in [7, 11) is 0. The van der Waals surface area contributed by atoms with Gasteiger partial charge in [-0.25, -0.2) is 15.0 Å². The Morgan fingerprint density at radius 1 is 1.03 bits per heavy atom. The molecular weight excluding hydrogens is 408 g/mol. The molecule has 3 aromatic heterocycles. The van der Waals surface area contributed by atoms with E-state index in [4.69, 9.17) is 5.73 Å². The molecule has 0 aliphatic heterocycles. The Bertz CT molecular complexity index is 1280. The Balaban J connectivity index is 1.83. The second-order valence-electron chi connectivity index (χ2n) is 7.20. The van der Waals surface area contributed by atoms with Crippen molar-refractivity contribution in [3.63, 3.8) is 0 Å². The minimum atomic E-state index is -0.672. The molecule has 0 fully saturated rings. The van der Waals surface area contributed by atoms with E-state index in [9.17, 15) is 9.59 Å². The van der Waals surface area contributed by atoms with Gasteiger partial charge in [0.05, 0.1) is 5.69 Å². The van der Waals surface area contributed by atoms with Gasteiger partial charge in [-0.1, -0.05) is 12.1 Å². The number of nitrogens with two attached hydrogens (primary N) is 1. The van der Waals surface area contributed by atoms with E-state index in [2.05, 4.69) is 30.5 Å². The maximum absolute atomic E-state index is 13.1. The van der Waals surface area contributed by atoms with Crippen LogP contribution < -0.4 is 11.1 Å². The first-order valence-electron chi connectivity index (χ1n) is 9.83. The van der Waals surface area contributed by atoms with Gasteiger partial charge < -0.3 is 15.6 Å². The lowest BCUT2D eigenvalue weighted by Crippen LogP contribution is -2.19. The number of nitrogens with one attached hydrogen (secondary N) is 1. The number of carbonyl (C=O) groups is 2. The SMILES string of the molecule is CC(C)n1cnnc1-c1cccc(-c2c(C(N)=O)cccc2C(=O)Nc2ccncn2)n1. The summed E-state index contributed by atoms with van der Waals surface area (Å²) in [4.78, 5) is 37.8. The maximum atomic E-state index is 13.1. The minimum absolute atomic E-state index is 0.123. The van der Waals surface area contributed by atoms with Crippen LogP contribution in [0, 0.1) is 0 Å². The Morgan fingerprint density at radius 3 is 2.50 bits per heavy atom. The number of primary amides is 1. The molecule has 2 amide bonds. The zero-order valence-electron chi connectivity index (χ0n) is 17.4. The summed E-state index contributed by atoms with van der Waals surface area (Å²) in [6, 6.07) is 11.7. The molecule has 4 aromatic rings. The highest BCUT2D eigenvalue weighted by atomic mass is 16.2. The van der Waals surface area contributed by atoms with Gasteiger partial charge in [-0.2, -0.15) is 0 Å². The van der Waals surface area contributed by atoms with Crippen LogP contribution in [0.2, 0.25) is 0 Å². The van der Waals surface area contributed by atoms with Crippen LogP contribution >= 0.6 is 0 Å². The van der Waals surface area contributed by atoms with E-state index in [1.165, 1.54) is 12.5 Å². The monoisotopic (exact) mass is 428 g/mol. The predicted molar refractivity (Wildman–Crippen MR) is 118 cm³/mol. The van der Waals surface area contributed by atoms with Crippen molar-refractivity contribution in [2.45, 2.75) is 19.9 Å². The fourth-order valence-corrected chi connectivity index (χ4v) is 3.27. The molecule has 1 aromatic carbocycles. The van der Waals surface area contributed by atoms with Crippen molar-refractivity contribution < 1.29 is 9.59 Å². The molecule has 0 radical (unpaired) electrons. The van der Waals surface area contributed by atoms with Crippen LogP contribution in [0.15, 0.2) is 61.3 Å². The molecule has 160 valence electrons. The third-order valence-corrected chi connectivity index (χ3v) is 4.76. The zero-order chi connectivity index (χ0) is 22.7. The van der Waals surface area contributed by atoms with Crippen molar-refractivity contribution in [1.82, 2.24) is 29.7 Å². The Labute approximate surface area is 183 Å². The molecule has 4 rings (SSSR count). The van der Waals surface area contributed by atoms with Gasteiger partial charge in [-0.15, -0.1) is 10.2 Å². The van der Waals surface area contributed by atoms with Crippen LogP contribution in [0.3, 0.4) is 0 Å². The first-order chi connectivity index (χ1) is 15.5. The van der Waals surface area contributed by atoms with Gasteiger partial charge in [0.2, 0.25) is 5.91 Å². The third-order valence-electron chi connectivity index (χ3n) is 4.76. The molecule has 3 heterocycles. The molecule has 0 aliphatic rings. The number of hydrogen-bond donors (Lipinski definition) is 2. The van der Waals surface area contributed by atoms with Crippen molar-refractivity contribution in [2.24, 2.45) is 5.73 Å². The van der Waals surface area contributed by atoms with Crippen molar-refractivity contribution in [3.05, 3.63) is 72.4 Å². The van der Waals surface area contributed by atoms with E-state index in [-0.39, 0.29) is 17.2 Å². The first kappa shape index (κ1) is 20.8. The third kappa shape index (κ3) is 4.06. The van der Waals surface area contributed by atoms with Gasteiger partial charge in [0.25, 0.3) is 5.91 Å². The van der Waals surface area contributed by atoms with Crippen LogP contribution in [-0.4, -0.2) is 41.5 Å². The van der Waals surface area contributed by atoms with E-state index in [0.717, 1.165) is 0 Å². The highest BCUT2D eigenvalue weighted by molar-refractivity contribution is 6.12. The topological polar surface area (TPSA) is 142 Å². The summed E-state index contributed by atoms with van der Waals surface area (Å²) in [5, 5.41) is 10.9. The molecule has 10 nitrogen and oxygen atoms in total. The number of amides is 2. The number of benzene rings is 1. The molecule has 0 atom stereocenters. The van der Waals surface area contributed by atoms with E-state index >= 15 is 0 Å². The molecule has 0 bridgehead atoms. The highest BCUT2D eigenvalue weighted by Crippen LogP contribution is 2.29. The molecule has 0 saturated heterocycles. The molecule has 3 N–H and O–H groups in total. The molecule has 0 saturated carbocycles. The fourth-order valence-electron chi connectivity index (χ4n) is 3.27. The lowest BCUT2D eigenvalue weighted by molar-refractivity contribution is 0.100. The number of hydrogen-bond acceptors (Lipinski definition) is 7. The summed E-state index contributed by atoms with van der Waals surface area (Å²) in [5.74, 6) is -0.230. The largest absolute Gasteiger partial charge is 0.366 e. The van der Waals surface area contributed by atoms with E-state index in [0.29, 0.717) is 28.6 Å². The van der Waals surface area contributed by atoms with Gasteiger partial charge >= 0.3 is 0 Å². The van der Waals surface area contributed by atoms with Gasteiger partial charge in [-0.05, 0) is 44.2 Å². The molecule has 0 aliphatic carbocycles. The van der Waals surface area contributed by atoms with Crippen LogP contribution in [0.1, 0.15) is 40.6 Å². The summed E-state index contributed by atoms with van der Waals surface area (Å²) in [6.07, 6.45) is 4.47. The minimum Gasteiger partial charge on any atom is -0.366 e. The number of nitrogens with zero attached hydrogens (tertiary/aromatic N) is 6. The van der Waals surface area contributed by atoms with Gasteiger partial charge in [0.1, 0.15) is 24.2 Å². The highest BCUT2D eigenvalue weighted by Gasteiger charge is 2.22. The van der Waals surface area contributed by atoms with E-state index < -0.39 is 11.8 Å². The number of anilines is 1. The summed E-state index contributed by atoms with van der Waals surface area (Å²) >= 11 is 0. The standard InChI is InChI=1S/C22H20N8O2/c1-13(2)30-12-26-29-21(30)17-8-4-7-16(27-17)19-14(20(23)31)5-3-6-15(19)22(32)28-18-9-10-24-11-25-18/h3-13H,1-2H3,(H2,23,31)(H,24,25,28,32). The van der Waals surface area contributed by atoms with Crippen LogP contribution in [0.25, 0.3) is 22.8 Å². The second-order valence-corrected chi connectivity index (χ2v) is 7.20. The fraction of sp³-hybridized carbons (Fsp3) is 0.136. The Morgan fingerprint density at radius 2 is 1.78 bits per heavy atom. The van der Waals surface area contributed by atoms with E-state index in [1.54, 1.807) is 48.8 Å². The number of aromatic nitrogens is 6. The lowest BCUT2D eigenvalue weighted by atomic mass is 9.96. The van der Waals surface area contributed by atoms with Crippen molar-refractivity contribution in [3.8, 4) is 22.8 Å². The second kappa shape index (κ2) is 8.72. The number of rotatable bonds is 6. The quantitative estimate of drug-likeness (QED) is 0.481. The molecule has 10 heteroatoms. The van der Waals surface area contributed by atoms with Crippen LogP contribution in [0.5, 0.6) is 0 Å². The van der Waals surface area contributed by atoms with Gasteiger partial charge in [-0.3, -0.25) is 9.59 Å². The van der Waals surface area contributed by atoms with Crippen LogP contribution in [0.4, 0.5) is 5.82 Å². The average molecular weight is 428 g/mol.